The third-order valence-electron chi connectivity index (χ3n) is 4.94. The van der Waals surface area contributed by atoms with E-state index in [0.717, 1.165) is 27.3 Å². The van der Waals surface area contributed by atoms with E-state index >= 15 is 0 Å². The van der Waals surface area contributed by atoms with E-state index < -0.39 is 0 Å². The molecule has 7 nitrogen and oxygen atoms in total. The maximum Gasteiger partial charge on any atom is 0.289 e. The van der Waals surface area contributed by atoms with Gasteiger partial charge in [0.05, 0.1) is 16.8 Å². The summed E-state index contributed by atoms with van der Waals surface area (Å²) >= 11 is 1.51. The number of piperazine rings is 1. The number of carbonyl (C=O) groups excluding carboxylic acids is 2. The highest BCUT2D eigenvalue weighted by Crippen LogP contribution is 2.30. The maximum atomic E-state index is 13.0. The van der Waals surface area contributed by atoms with Gasteiger partial charge in [-0.2, -0.15) is 5.10 Å². The van der Waals surface area contributed by atoms with Crippen molar-refractivity contribution in [3.05, 3.63) is 40.8 Å². The van der Waals surface area contributed by atoms with Crippen LogP contribution in [0.1, 0.15) is 39.8 Å². The molecule has 3 aromatic heterocycles. The van der Waals surface area contributed by atoms with E-state index in [1.54, 1.807) is 17.0 Å². The summed E-state index contributed by atoms with van der Waals surface area (Å²) in [6.45, 7) is 9.21. The zero-order chi connectivity index (χ0) is 19.8. The molecule has 4 heterocycles. The zero-order valence-corrected chi connectivity index (χ0v) is 17.2. The lowest BCUT2D eigenvalue weighted by Crippen LogP contribution is -2.50. The molecule has 148 valence electrons. The summed E-state index contributed by atoms with van der Waals surface area (Å²) in [5.41, 5.74) is 0.958. The number of fused-ring (bicyclic) bond motifs is 1. The van der Waals surface area contributed by atoms with Gasteiger partial charge in [0.15, 0.2) is 5.76 Å². The second kappa shape index (κ2) is 7.43. The minimum atomic E-state index is -0.122. The number of rotatable bonds is 4. The first-order valence-corrected chi connectivity index (χ1v) is 10.3. The average Bonchev–Trinajstić information content (AvgIpc) is 3.40. The second-order valence-electron chi connectivity index (χ2n) is 7.55. The van der Waals surface area contributed by atoms with Gasteiger partial charge in [-0.25, -0.2) is 0 Å². The fourth-order valence-electron chi connectivity index (χ4n) is 3.51. The fraction of sp³-hybridized carbons (Fsp3) is 0.450. The smallest absolute Gasteiger partial charge is 0.289 e. The topological polar surface area (TPSA) is 71.6 Å². The van der Waals surface area contributed by atoms with Crippen LogP contribution in [0.5, 0.6) is 0 Å². The molecule has 0 spiro atoms. The van der Waals surface area contributed by atoms with Gasteiger partial charge >= 0.3 is 0 Å². The molecule has 1 aliphatic heterocycles. The first-order chi connectivity index (χ1) is 13.4. The fourth-order valence-corrected chi connectivity index (χ4v) is 4.65. The number of amides is 2. The third kappa shape index (κ3) is 3.44. The standard InChI is InChI=1S/C20H24N4O3S/c1-13(2)12-24-20-15(14(3)21-24)11-17(28-20)19(26)23-8-6-22(7-9-23)18(25)16-5-4-10-27-16/h4-5,10-11,13H,6-9,12H2,1-3H3. The quantitative estimate of drug-likeness (QED) is 0.674. The SMILES string of the molecule is Cc1nn(CC(C)C)c2sc(C(=O)N3CCN(C(=O)c4ccco4)CC3)cc12. The summed E-state index contributed by atoms with van der Waals surface area (Å²) in [4.78, 5) is 30.7. The van der Waals surface area contributed by atoms with E-state index in [1.165, 1.54) is 17.6 Å². The lowest BCUT2D eigenvalue weighted by molar-refractivity contribution is 0.0520. The van der Waals surface area contributed by atoms with Gasteiger partial charge < -0.3 is 14.2 Å². The molecule has 28 heavy (non-hydrogen) atoms. The van der Waals surface area contributed by atoms with Crippen LogP contribution in [0.25, 0.3) is 10.2 Å². The van der Waals surface area contributed by atoms with E-state index in [9.17, 15) is 9.59 Å². The molecule has 8 heteroatoms. The second-order valence-corrected chi connectivity index (χ2v) is 8.58. The van der Waals surface area contributed by atoms with Gasteiger partial charge in [0.2, 0.25) is 0 Å². The van der Waals surface area contributed by atoms with Crippen molar-refractivity contribution in [1.29, 1.82) is 0 Å². The molecule has 4 rings (SSSR count). The highest BCUT2D eigenvalue weighted by molar-refractivity contribution is 7.20. The Labute approximate surface area is 167 Å². The van der Waals surface area contributed by atoms with Crippen molar-refractivity contribution < 1.29 is 14.0 Å². The Morgan fingerprint density at radius 3 is 2.46 bits per heavy atom. The molecule has 0 radical (unpaired) electrons. The highest BCUT2D eigenvalue weighted by Gasteiger charge is 2.28. The molecular weight excluding hydrogens is 376 g/mol. The predicted octanol–water partition coefficient (Wildman–Crippen LogP) is 3.25. The molecule has 1 fully saturated rings. The van der Waals surface area contributed by atoms with Crippen LogP contribution in [0.4, 0.5) is 0 Å². The Balaban J connectivity index is 1.46. The number of hydrogen-bond acceptors (Lipinski definition) is 5. The van der Waals surface area contributed by atoms with Crippen molar-refractivity contribution in [3.8, 4) is 0 Å². The minimum absolute atomic E-state index is 0.0294. The van der Waals surface area contributed by atoms with Crippen molar-refractivity contribution in [2.75, 3.05) is 26.2 Å². The monoisotopic (exact) mass is 400 g/mol. The van der Waals surface area contributed by atoms with Gasteiger partial charge in [-0.3, -0.25) is 14.3 Å². The largest absolute Gasteiger partial charge is 0.459 e. The maximum absolute atomic E-state index is 13.0. The van der Waals surface area contributed by atoms with Crippen LogP contribution in [0.2, 0.25) is 0 Å². The molecule has 0 atom stereocenters. The third-order valence-corrected chi connectivity index (χ3v) is 6.08. The lowest BCUT2D eigenvalue weighted by Gasteiger charge is -2.34. The Bertz CT molecular complexity index is 994. The van der Waals surface area contributed by atoms with E-state index in [4.69, 9.17) is 4.42 Å². The van der Waals surface area contributed by atoms with Crippen molar-refractivity contribution in [2.45, 2.75) is 27.3 Å². The van der Waals surface area contributed by atoms with Crippen LogP contribution in [0.15, 0.2) is 28.9 Å². The van der Waals surface area contributed by atoms with Gasteiger partial charge in [0, 0.05) is 38.1 Å². The summed E-state index contributed by atoms with van der Waals surface area (Å²) in [5, 5.41) is 5.66. The summed E-state index contributed by atoms with van der Waals surface area (Å²) in [7, 11) is 0. The van der Waals surface area contributed by atoms with Gasteiger partial charge in [0.25, 0.3) is 11.8 Å². The number of furan rings is 1. The number of nitrogens with zero attached hydrogens (tertiary/aromatic N) is 4. The van der Waals surface area contributed by atoms with Gasteiger partial charge in [-0.15, -0.1) is 11.3 Å². The summed E-state index contributed by atoms with van der Waals surface area (Å²) < 4.78 is 7.20. The molecule has 1 aliphatic rings. The molecule has 0 aliphatic carbocycles. The Morgan fingerprint density at radius 2 is 1.86 bits per heavy atom. The Morgan fingerprint density at radius 1 is 1.18 bits per heavy atom. The molecule has 0 saturated carbocycles. The minimum Gasteiger partial charge on any atom is -0.459 e. The van der Waals surface area contributed by atoms with Gasteiger partial charge in [-0.1, -0.05) is 13.8 Å². The van der Waals surface area contributed by atoms with Crippen molar-refractivity contribution in [3.63, 3.8) is 0 Å². The van der Waals surface area contributed by atoms with E-state index in [1.807, 2.05) is 22.6 Å². The van der Waals surface area contributed by atoms with E-state index in [0.29, 0.717) is 37.9 Å². The normalized spacial score (nSPS) is 15.0. The Kier molecular flexibility index (Phi) is 4.97. The number of aryl methyl sites for hydroxylation is 1. The first kappa shape index (κ1) is 18.7. The first-order valence-electron chi connectivity index (χ1n) is 9.53. The van der Waals surface area contributed by atoms with Crippen LogP contribution in [-0.4, -0.2) is 57.6 Å². The van der Waals surface area contributed by atoms with Crippen LogP contribution < -0.4 is 0 Å². The van der Waals surface area contributed by atoms with Crippen LogP contribution in [0.3, 0.4) is 0 Å². The summed E-state index contributed by atoms with van der Waals surface area (Å²) in [5.74, 6) is 0.739. The predicted molar refractivity (Wildman–Crippen MR) is 108 cm³/mol. The number of carbonyl (C=O) groups is 2. The van der Waals surface area contributed by atoms with E-state index in [-0.39, 0.29) is 11.8 Å². The molecule has 1 saturated heterocycles. The number of thiophene rings is 1. The molecule has 2 amide bonds. The lowest BCUT2D eigenvalue weighted by atomic mass is 10.2. The molecule has 0 unspecified atom stereocenters. The van der Waals surface area contributed by atoms with Gasteiger partial charge in [-0.05, 0) is 31.0 Å². The molecule has 0 aromatic carbocycles. The molecule has 0 N–H and O–H groups in total. The van der Waals surface area contributed by atoms with Crippen LogP contribution in [0, 0.1) is 12.8 Å². The number of aromatic nitrogens is 2. The van der Waals surface area contributed by atoms with Crippen LogP contribution in [-0.2, 0) is 6.54 Å². The highest BCUT2D eigenvalue weighted by atomic mass is 32.1. The van der Waals surface area contributed by atoms with Crippen molar-refractivity contribution in [1.82, 2.24) is 19.6 Å². The Hall–Kier alpha value is -2.61. The summed E-state index contributed by atoms with van der Waals surface area (Å²) in [6.07, 6.45) is 1.50. The molecular formula is C20H24N4O3S. The number of hydrogen-bond donors (Lipinski definition) is 0. The molecule has 0 bridgehead atoms. The van der Waals surface area contributed by atoms with Crippen molar-refractivity contribution in [2.24, 2.45) is 5.92 Å². The van der Waals surface area contributed by atoms with Gasteiger partial charge in [0.1, 0.15) is 4.83 Å². The van der Waals surface area contributed by atoms with Crippen molar-refractivity contribution >= 4 is 33.4 Å². The summed E-state index contributed by atoms with van der Waals surface area (Å²) in [6, 6.07) is 5.33. The van der Waals surface area contributed by atoms with E-state index in [2.05, 4.69) is 18.9 Å². The van der Waals surface area contributed by atoms with Crippen LogP contribution >= 0.6 is 11.3 Å². The average molecular weight is 401 g/mol. The molecule has 3 aromatic rings. The zero-order valence-electron chi connectivity index (χ0n) is 16.3.